The number of carbonyl (C=O) groups excluding carboxylic acids is 2. The van der Waals surface area contributed by atoms with Crippen LogP contribution in [-0.2, 0) is 9.59 Å². The van der Waals surface area contributed by atoms with Gasteiger partial charge < -0.3 is 10.4 Å². The van der Waals surface area contributed by atoms with Crippen molar-refractivity contribution in [2.45, 2.75) is 6.42 Å². The number of rotatable bonds is 5. The van der Waals surface area contributed by atoms with Crippen LogP contribution in [0.15, 0.2) is 65.8 Å². The number of para-hydroxylation sites is 1. The highest BCUT2D eigenvalue weighted by Gasteiger charge is 2.11. The van der Waals surface area contributed by atoms with Gasteiger partial charge in [0, 0.05) is 5.56 Å². The SMILES string of the molecule is O=C(CC(=O)Nc1ccccc1Cl)NN=Cc1c(O)ccc2ccccc12. The molecule has 0 aliphatic heterocycles. The average Bonchev–Trinajstić information content (AvgIpc) is 2.65. The predicted molar refractivity (Wildman–Crippen MR) is 106 cm³/mol. The highest BCUT2D eigenvalue weighted by atomic mass is 35.5. The number of phenolic OH excluding ortho intramolecular Hbond substituents is 1. The molecule has 3 N–H and O–H groups in total. The highest BCUT2D eigenvalue weighted by Crippen LogP contribution is 2.25. The molecular weight excluding hydrogens is 366 g/mol. The zero-order valence-electron chi connectivity index (χ0n) is 14.1. The Morgan fingerprint density at radius 3 is 2.56 bits per heavy atom. The number of halogens is 1. The van der Waals surface area contributed by atoms with Crippen molar-refractivity contribution in [1.29, 1.82) is 0 Å². The van der Waals surface area contributed by atoms with Crippen molar-refractivity contribution in [1.82, 2.24) is 5.43 Å². The topological polar surface area (TPSA) is 90.8 Å². The van der Waals surface area contributed by atoms with Crippen LogP contribution in [0.1, 0.15) is 12.0 Å². The maximum atomic E-state index is 11.9. The van der Waals surface area contributed by atoms with Crippen molar-refractivity contribution in [2.24, 2.45) is 5.10 Å². The quantitative estimate of drug-likeness (QED) is 0.357. The second-order valence-corrected chi connectivity index (χ2v) is 6.12. The number of benzene rings is 3. The Morgan fingerprint density at radius 2 is 1.74 bits per heavy atom. The maximum Gasteiger partial charge on any atom is 0.249 e. The van der Waals surface area contributed by atoms with Crippen molar-refractivity contribution in [3.05, 3.63) is 71.2 Å². The second-order valence-electron chi connectivity index (χ2n) is 5.72. The number of nitrogens with zero attached hydrogens (tertiary/aromatic N) is 1. The molecule has 0 fully saturated rings. The minimum absolute atomic E-state index is 0.0446. The minimum Gasteiger partial charge on any atom is -0.507 e. The van der Waals surface area contributed by atoms with E-state index in [1.807, 2.05) is 24.3 Å². The van der Waals surface area contributed by atoms with E-state index in [2.05, 4.69) is 15.8 Å². The first-order valence-corrected chi connectivity index (χ1v) is 8.49. The number of phenols is 1. The van der Waals surface area contributed by atoms with Crippen molar-refractivity contribution in [2.75, 3.05) is 5.32 Å². The zero-order chi connectivity index (χ0) is 19.2. The van der Waals surface area contributed by atoms with Crippen LogP contribution in [0.25, 0.3) is 10.8 Å². The number of hydrogen-bond acceptors (Lipinski definition) is 4. The molecule has 27 heavy (non-hydrogen) atoms. The lowest BCUT2D eigenvalue weighted by Gasteiger charge is -2.06. The van der Waals surface area contributed by atoms with Crippen molar-refractivity contribution in [3.8, 4) is 5.75 Å². The van der Waals surface area contributed by atoms with E-state index in [1.165, 1.54) is 6.21 Å². The van der Waals surface area contributed by atoms with Crippen molar-refractivity contribution in [3.63, 3.8) is 0 Å². The fourth-order valence-electron chi connectivity index (χ4n) is 2.53. The Hall–Kier alpha value is -3.38. The van der Waals surface area contributed by atoms with E-state index in [0.717, 1.165) is 10.8 Å². The van der Waals surface area contributed by atoms with Crippen molar-refractivity contribution < 1.29 is 14.7 Å². The third-order valence-electron chi connectivity index (χ3n) is 3.80. The average molecular weight is 382 g/mol. The molecule has 0 bridgehead atoms. The number of carbonyl (C=O) groups is 2. The van der Waals surface area contributed by atoms with Crippen LogP contribution >= 0.6 is 11.6 Å². The molecule has 0 saturated carbocycles. The molecule has 3 rings (SSSR count). The number of nitrogens with one attached hydrogen (secondary N) is 2. The van der Waals surface area contributed by atoms with Gasteiger partial charge in [0.2, 0.25) is 11.8 Å². The summed E-state index contributed by atoms with van der Waals surface area (Å²) >= 11 is 5.96. The van der Waals surface area contributed by atoms with Gasteiger partial charge >= 0.3 is 0 Å². The molecule has 3 aromatic rings. The van der Waals surface area contributed by atoms with Gasteiger partial charge in [-0.3, -0.25) is 9.59 Å². The summed E-state index contributed by atoms with van der Waals surface area (Å²) in [6, 6.07) is 17.6. The fourth-order valence-corrected chi connectivity index (χ4v) is 2.71. The lowest BCUT2D eigenvalue weighted by atomic mass is 10.0. The van der Waals surface area contributed by atoms with Gasteiger partial charge in [0.1, 0.15) is 12.2 Å². The van der Waals surface area contributed by atoms with Crippen LogP contribution in [-0.4, -0.2) is 23.1 Å². The van der Waals surface area contributed by atoms with E-state index in [9.17, 15) is 14.7 Å². The summed E-state index contributed by atoms with van der Waals surface area (Å²) in [6.45, 7) is 0. The van der Waals surface area contributed by atoms with Crippen LogP contribution in [0, 0.1) is 0 Å². The van der Waals surface area contributed by atoms with Crippen LogP contribution in [0.4, 0.5) is 5.69 Å². The molecule has 3 aromatic carbocycles. The molecule has 0 aromatic heterocycles. The Morgan fingerprint density at radius 1 is 1.00 bits per heavy atom. The molecule has 6 nitrogen and oxygen atoms in total. The molecular formula is C20H16ClN3O3. The van der Waals surface area contributed by atoms with Gasteiger partial charge in [0.25, 0.3) is 0 Å². The van der Waals surface area contributed by atoms with Gasteiger partial charge in [-0.05, 0) is 29.0 Å². The zero-order valence-corrected chi connectivity index (χ0v) is 14.9. The molecule has 2 amide bonds. The molecule has 0 unspecified atom stereocenters. The molecule has 136 valence electrons. The molecule has 0 radical (unpaired) electrons. The fraction of sp³-hybridized carbons (Fsp3) is 0.0500. The first-order chi connectivity index (χ1) is 13.0. The Bertz CT molecular complexity index is 1030. The van der Waals surface area contributed by atoms with E-state index in [0.29, 0.717) is 16.3 Å². The maximum absolute atomic E-state index is 11.9. The third-order valence-corrected chi connectivity index (χ3v) is 4.13. The molecule has 0 aliphatic carbocycles. The monoisotopic (exact) mass is 381 g/mol. The normalized spacial score (nSPS) is 10.9. The largest absolute Gasteiger partial charge is 0.507 e. The van der Waals surface area contributed by atoms with Gasteiger partial charge in [-0.1, -0.05) is 54.1 Å². The summed E-state index contributed by atoms with van der Waals surface area (Å²) in [5, 5.41) is 18.5. The van der Waals surface area contributed by atoms with E-state index in [4.69, 9.17) is 11.6 Å². The summed E-state index contributed by atoms with van der Waals surface area (Å²) in [7, 11) is 0. The Kier molecular flexibility index (Phi) is 5.68. The number of fused-ring (bicyclic) bond motifs is 1. The van der Waals surface area contributed by atoms with Gasteiger partial charge in [-0.15, -0.1) is 0 Å². The first-order valence-electron chi connectivity index (χ1n) is 8.11. The summed E-state index contributed by atoms with van der Waals surface area (Å²) in [5.41, 5.74) is 3.19. The molecule has 0 heterocycles. The Labute approximate surface area is 160 Å². The van der Waals surface area contributed by atoms with Crippen LogP contribution < -0.4 is 10.7 Å². The van der Waals surface area contributed by atoms with E-state index in [1.54, 1.807) is 36.4 Å². The number of hydrazone groups is 1. The van der Waals surface area contributed by atoms with Gasteiger partial charge in [0.05, 0.1) is 16.9 Å². The number of anilines is 1. The number of amides is 2. The molecule has 0 saturated heterocycles. The second kappa shape index (κ2) is 8.33. The lowest BCUT2D eigenvalue weighted by molar-refractivity contribution is -0.126. The molecule has 0 aliphatic rings. The highest BCUT2D eigenvalue weighted by molar-refractivity contribution is 6.33. The first kappa shape index (κ1) is 18.4. The van der Waals surface area contributed by atoms with Crippen LogP contribution in [0.2, 0.25) is 5.02 Å². The smallest absolute Gasteiger partial charge is 0.249 e. The third kappa shape index (κ3) is 4.62. The molecule has 0 spiro atoms. The number of hydrogen-bond donors (Lipinski definition) is 3. The van der Waals surface area contributed by atoms with E-state index < -0.39 is 18.2 Å². The summed E-state index contributed by atoms with van der Waals surface area (Å²) in [6.07, 6.45) is 0.936. The lowest BCUT2D eigenvalue weighted by Crippen LogP contribution is -2.24. The molecule has 0 atom stereocenters. The molecule has 7 heteroatoms. The van der Waals surface area contributed by atoms with Crippen LogP contribution in [0.3, 0.4) is 0 Å². The van der Waals surface area contributed by atoms with E-state index in [-0.39, 0.29) is 5.75 Å². The van der Waals surface area contributed by atoms with Gasteiger partial charge in [-0.2, -0.15) is 5.10 Å². The Balaban J connectivity index is 1.62. The summed E-state index contributed by atoms with van der Waals surface area (Å²) in [5.74, 6) is -1.05. The standard InChI is InChI=1S/C20H16ClN3O3/c21-16-7-3-4-8-17(16)23-19(26)11-20(27)24-22-12-15-14-6-2-1-5-13(14)9-10-18(15)25/h1-10,12,25H,11H2,(H,23,26)(H,24,27). The minimum atomic E-state index is -0.587. The van der Waals surface area contributed by atoms with Crippen LogP contribution in [0.5, 0.6) is 5.75 Å². The van der Waals surface area contributed by atoms with Crippen molar-refractivity contribution >= 4 is 46.1 Å². The summed E-state index contributed by atoms with van der Waals surface area (Å²) < 4.78 is 0. The predicted octanol–water partition coefficient (Wildman–Crippen LogP) is 3.68. The number of aromatic hydroxyl groups is 1. The van der Waals surface area contributed by atoms with E-state index >= 15 is 0 Å². The van der Waals surface area contributed by atoms with Gasteiger partial charge in [-0.25, -0.2) is 5.43 Å². The summed E-state index contributed by atoms with van der Waals surface area (Å²) in [4.78, 5) is 23.8. The van der Waals surface area contributed by atoms with Gasteiger partial charge in [0.15, 0.2) is 0 Å².